The van der Waals surface area contributed by atoms with Crippen molar-refractivity contribution in [3.63, 3.8) is 0 Å². The van der Waals surface area contributed by atoms with Crippen molar-refractivity contribution >= 4 is 11.5 Å². The molecule has 1 aromatic heterocycles. The van der Waals surface area contributed by atoms with Gasteiger partial charge in [-0.1, -0.05) is 37.3 Å². The predicted octanol–water partition coefficient (Wildman–Crippen LogP) is 2.39. The van der Waals surface area contributed by atoms with E-state index in [4.69, 9.17) is 0 Å². The molecule has 0 atom stereocenters. The number of amides is 1. The van der Waals surface area contributed by atoms with Crippen LogP contribution in [-0.2, 0) is 24.8 Å². The fourth-order valence-electron chi connectivity index (χ4n) is 3.06. The molecule has 1 N–H and O–H groups in total. The van der Waals surface area contributed by atoms with Crippen LogP contribution in [0.15, 0.2) is 42.7 Å². The number of nitrogens with zero attached hydrogens (tertiary/aromatic N) is 3. The van der Waals surface area contributed by atoms with E-state index in [0.717, 1.165) is 31.5 Å². The van der Waals surface area contributed by atoms with Gasteiger partial charge in [-0.15, -0.1) is 0 Å². The summed E-state index contributed by atoms with van der Waals surface area (Å²) in [6, 6.07) is 8.42. The Morgan fingerprint density at radius 3 is 2.60 bits per heavy atom. The zero-order valence-electron chi connectivity index (χ0n) is 15.0. The fourth-order valence-corrected chi connectivity index (χ4v) is 3.06. The SMILES string of the molecule is CCc1ccc(CNC(=O)CN2CC=C(c3cnn(C)c3)CC2)cc1. The molecular formula is C20H26N4O. The highest BCUT2D eigenvalue weighted by atomic mass is 16.2. The molecule has 2 heterocycles. The van der Waals surface area contributed by atoms with Gasteiger partial charge in [0.25, 0.3) is 0 Å². The molecule has 0 aliphatic carbocycles. The molecule has 0 saturated heterocycles. The molecule has 1 amide bonds. The van der Waals surface area contributed by atoms with Crippen LogP contribution in [0.5, 0.6) is 0 Å². The second kappa shape index (κ2) is 8.12. The molecular weight excluding hydrogens is 312 g/mol. The van der Waals surface area contributed by atoms with Crippen molar-refractivity contribution in [2.45, 2.75) is 26.3 Å². The third-order valence-corrected chi connectivity index (χ3v) is 4.66. The summed E-state index contributed by atoms with van der Waals surface area (Å²) in [4.78, 5) is 14.4. The fraction of sp³-hybridized carbons (Fsp3) is 0.400. The molecule has 3 rings (SSSR count). The summed E-state index contributed by atoms with van der Waals surface area (Å²) < 4.78 is 1.82. The summed E-state index contributed by atoms with van der Waals surface area (Å²) in [5.74, 6) is 0.0813. The number of aromatic nitrogens is 2. The van der Waals surface area contributed by atoms with E-state index < -0.39 is 0 Å². The van der Waals surface area contributed by atoms with E-state index in [1.54, 1.807) is 0 Å². The zero-order chi connectivity index (χ0) is 17.6. The summed E-state index contributed by atoms with van der Waals surface area (Å²) in [5, 5.41) is 7.24. The van der Waals surface area contributed by atoms with Crippen LogP contribution < -0.4 is 5.32 Å². The van der Waals surface area contributed by atoms with Gasteiger partial charge in [0.05, 0.1) is 12.7 Å². The van der Waals surface area contributed by atoms with Crippen LogP contribution in [0.4, 0.5) is 0 Å². The minimum atomic E-state index is 0.0813. The molecule has 0 unspecified atom stereocenters. The molecule has 1 aromatic carbocycles. The molecule has 132 valence electrons. The van der Waals surface area contributed by atoms with Crippen molar-refractivity contribution in [3.05, 3.63) is 59.4 Å². The predicted molar refractivity (Wildman–Crippen MR) is 99.9 cm³/mol. The third kappa shape index (κ3) is 4.79. The first-order valence-corrected chi connectivity index (χ1v) is 8.89. The van der Waals surface area contributed by atoms with Crippen molar-refractivity contribution in [3.8, 4) is 0 Å². The Balaban J connectivity index is 1.45. The van der Waals surface area contributed by atoms with E-state index >= 15 is 0 Å². The molecule has 1 aliphatic heterocycles. The zero-order valence-corrected chi connectivity index (χ0v) is 15.0. The van der Waals surface area contributed by atoms with Gasteiger partial charge >= 0.3 is 0 Å². The Morgan fingerprint density at radius 2 is 2.00 bits per heavy atom. The van der Waals surface area contributed by atoms with Gasteiger partial charge in [0, 0.05) is 38.4 Å². The first-order chi connectivity index (χ1) is 12.1. The van der Waals surface area contributed by atoms with Gasteiger partial charge < -0.3 is 5.32 Å². The number of hydrogen-bond donors (Lipinski definition) is 1. The lowest BCUT2D eigenvalue weighted by molar-refractivity contribution is -0.122. The lowest BCUT2D eigenvalue weighted by Crippen LogP contribution is -2.39. The molecule has 0 spiro atoms. The average molecular weight is 338 g/mol. The molecule has 0 fully saturated rings. The monoisotopic (exact) mass is 338 g/mol. The minimum absolute atomic E-state index is 0.0813. The van der Waals surface area contributed by atoms with Crippen LogP contribution in [0.2, 0.25) is 0 Å². The van der Waals surface area contributed by atoms with Crippen LogP contribution in [-0.4, -0.2) is 40.2 Å². The molecule has 5 nitrogen and oxygen atoms in total. The number of hydrogen-bond acceptors (Lipinski definition) is 3. The van der Waals surface area contributed by atoms with Crippen molar-refractivity contribution in [2.24, 2.45) is 7.05 Å². The van der Waals surface area contributed by atoms with E-state index in [1.807, 2.05) is 24.1 Å². The van der Waals surface area contributed by atoms with E-state index in [2.05, 4.69) is 52.6 Å². The quantitative estimate of drug-likeness (QED) is 0.880. The number of benzene rings is 1. The highest BCUT2D eigenvalue weighted by Gasteiger charge is 2.16. The van der Waals surface area contributed by atoms with E-state index in [9.17, 15) is 4.79 Å². The first-order valence-electron chi connectivity index (χ1n) is 8.89. The molecule has 25 heavy (non-hydrogen) atoms. The van der Waals surface area contributed by atoms with Crippen LogP contribution >= 0.6 is 0 Å². The largest absolute Gasteiger partial charge is 0.351 e. The summed E-state index contributed by atoms with van der Waals surface area (Å²) in [6.45, 7) is 4.89. The third-order valence-electron chi connectivity index (χ3n) is 4.66. The molecule has 2 aromatic rings. The summed E-state index contributed by atoms with van der Waals surface area (Å²) in [7, 11) is 1.93. The summed E-state index contributed by atoms with van der Waals surface area (Å²) >= 11 is 0. The Morgan fingerprint density at radius 1 is 1.24 bits per heavy atom. The van der Waals surface area contributed by atoms with E-state index in [0.29, 0.717) is 13.1 Å². The maximum atomic E-state index is 12.2. The number of carbonyl (C=O) groups excluding carboxylic acids is 1. The molecule has 0 saturated carbocycles. The maximum absolute atomic E-state index is 12.2. The number of rotatable bonds is 6. The second-order valence-corrected chi connectivity index (χ2v) is 6.56. The normalized spacial score (nSPS) is 15.0. The Hall–Kier alpha value is -2.40. The molecule has 0 bridgehead atoms. The summed E-state index contributed by atoms with van der Waals surface area (Å²) in [5.41, 5.74) is 4.96. The van der Waals surface area contributed by atoms with Gasteiger partial charge in [-0.2, -0.15) is 5.10 Å². The van der Waals surface area contributed by atoms with Crippen LogP contribution in [0.1, 0.15) is 30.0 Å². The Labute approximate surface area is 149 Å². The Kier molecular flexibility index (Phi) is 5.66. The Bertz CT molecular complexity index is 745. The molecule has 0 radical (unpaired) electrons. The van der Waals surface area contributed by atoms with Crippen molar-refractivity contribution in [1.29, 1.82) is 0 Å². The van der Waals surface area contributed by atoms with Crippen LogP contribution in [0, 0.1) is 0 Å². The molecule has 1 aliphatic rings. The topological polar surface area (TPSA) is 50.2 Å². The molecule has 5 heteroatoms. The van der Waals surface area contributed by atoms with Gasteiger partial charge in [-0.3, -0.25) is 14.4 Å². The lowest BCUT2D eigenvalue weighted by Gasteiger charge is -2.25. The van der Waals surface area contributed by atoms with Crippen molar-refractivity contribution < 1.29 is 4.79 Å². The van der Waals surface area contributed by atoms with Crippen LogP contribution in [0.3, 0.4) is 0 Å². The van der Waals surface area contributed by atoms with Gasteiger partial charge in [-0.25, -0.2) is 0 Å². The highest BCUT2D eigenvalue weighted by molar-refractivity contribution is 5.78. The van der Waals surface area contributed by atoms with Crippen LogP contribution in [0.25, 0.3) is 5.57 Å². The van der Waals surface area contributed by atoms with Crippen molar-refractivity contribution in [2.75, 3.05) is 19.6 Å². The minimum Gasteiger partial charge on any atom is -0.351 e. The van der Waals surface area contributed by atoms with Gasteiger partial charge in [0.15, 0.2) is 0 Å². The van der Waals surface area contributed by atoms with Gasteiger partial charge in [-0.05, 0) is 29.5 Å². The number of carbonyl (C=O) groups is 1. The summed E-state index contributed by atoms with van der Waals surface area (Å²) in [6.07, 6.45) is 8.14. The van der Waals surface area contributed by atoms with E-state index in [1.165, 1.54) is 16.7 Å². The lowest BCUT2D eigenvalue weighted by atomic mass is 10.0. The number of aryl methyl sites for hydroxylation is 2. The number of nitrogens with one attached hydrogen (secondary N) is 1. The highest BCUT2D eigenvalue weighted by Crippen LogP contribution is 2.21. The average Bonchev–Trinajstić information content (AvgIpc) is 3.07. The van der Waals surface area contributed by atoms with Gasteiger partial charge in [0.1, 0.15) is 0 Å². The second-order valence-electron chi connectivity index (χ2n) is 6.56. The van der Waals surface area contributed by atoms with E-state index in [-0.39, 0.29) is 5.91 Å². The van der Waals surface area contributed by atoms with Gasteiger partial charge in [0.2, 0.25) is 5.91 Å². The standard InChI is InChI=1S/C20H26N4O/c1-3-16-4-6-17(7-5-16)12-21-20(25)15-24-10-8-18(9-11-24)19-13-22-23(2)14-19/h4-8,13-14H,3,9-12,15H2,1-2H3,(H,21,25). The maximum Gasteiger partial charge on any atom is 0.234 e. The van der Waals surface area contributed by atoms with Crippen molar-refractivity contribution in [1.82, 2.24) is 20.0 Å². The smallest absolute Gasteiger partial charge is 0.234 e. The first kappa shape index (κ1) is 17.4.